The van der Waals surface area contributed by atoms with Gasteiger partial charge in [-0.3, -0.25) is 9.36 Å². The Morgan fingerprint density at radius 3 is 2.81 bits per heavy atom. The van der Waals surface area contributed by atoms with Crippen molar-refractivity contribution in [2.24, 2.45) is 0 Å². The second-order valence-electron chi connectivity index (χ2n) is 7.84. The molecule has 32 heavy (non-hydrogen) atoms. The Kier molecular flexibility index (Phi) is 5.61. The molecule has 0 unspecified atom stereocenters. The molecule has 3 heterocycles. The van der Waals surface area contributed by atoms with Gasteiger partial charge in [0.15, 0.2) is 28.6 Å². The molecule has 1 amide bonds. The van der Waals surface area contributed by atoms with Crippen molar-refractivity contribution in [3.63, 3.8) is 0 Å². The number of allylic oxidation sites excluding steroid dienone is 1. The number of thioether (sulfide) groups is 1. The van der Waals surface area contributed by atoms with Crippen molar-refractivity contribution in [2.75, 3.05) is 17.3 Å². The van der Waals surface area contributed by atoms with Gasteiger partial charge >= 0.3 is 0 Å². The highest BCUT2D eigenvalue weighted by molar-refractivity contribution is 7.99. The first-order chi connectivity index (χ1) is 15.7. The lowest BCUT2D eigenvalue weighted by atomic mass is 10.1. The fourth-order valence-corrected chi connectivity index (χ4v) is 5.05. The van der Waals surface area contributed by atoms with Gasteiger partial charge in [-0.2, -0.15) is 0 Å². The molecule has 3 aromatic rings. The van der Waals surface area contributed by atoms with E-state index in [1.54, 1.807) is 6.08 Å². The van der Waals surface area contributed by atoms with E-state index in [0.717, 1.165) is 17.9 Å². The summed E-state index contributed by atoms with van der Waals surface area (Å²) in [5.74, 6) is 2.41. The molecule has 0 saturated carbocycles. The van der Waals surface area contributed by atoms with Crippen LogP contribution < -0.4 is 14.4 Å². The maximum absolute atomic E-state index is 13.1. The van der Waals surface area contributed by atoms with Crippen LogP contribution >= 0.6 is 11.8 Å². The number of amides is 1. The number of hydrogen-bond acceptors (Lipinski definition) is 6. The molecule has 2 atom stereocenters. The summed E-state index contributed by atoms with van der Waals surface area (Å²) in [6.45, 7) is 6.80. The lowest BCUT2D eigenvalue weighted by Gasteiger charge is -2.26. The molecule has 2 aromatic carbocycles. The number of aromatic nitrogens is 3. The predicted octanol–water partition coefficient (Wildman–Crippen LogP) is 4.05. The molecular formula is C24H24N4O3S. The van der Waals surface area contributed by atoms with E-state index in [9.17, 15) is 4.79 Å². The highest BCUT2D eigenvalue weighted by atomic mass is 32.2. The number of para-hydroxylation sites is 3. The first kappa shape index (κ1) is 20.6. The van der Waals surface area contributed by atoms with Crippen molar-refractivity contribution in [2.45, 2.75) is 37.2 Å². The van der Waals surface area contributed by atoms with Crippen LogP contribution in [0.3, 0.4) is 0 Å². The SMILES string of the molecule is C=CCn1c(SCC(=O)N2c3ccccc3C[C@H]2C)nnc1[C@H]1COc2ccccc2O1. The summed E-state index contributed by atoms with van der Waals surface area (Å²) < 4.78 is 13.9. The van der Waals surface area contributed by atoms with Crippen molar-refractivity contribution in [3.05, 3.63) is 72.6 Å². The number of rotatable bonds is 6. The number of benzene rings is 2. The zero-order chi connectivity index (χ0) is 22.1. The van der Waals surface area contributed by atoms with E-state index < -0.39 is 0 Å². The fourth-order valence-electron chi connectivity index (χ4n) is 4.23. The predicted molar refractivity (Wildman–Crippen MR) is 123 cm³/mol. The number of fused-ring (bicyclic) bond motifs is 2. The van der Waals surface area contributed by atoms with Gasteiger partial charge in [-0.1, -0.05) is 48.2 Å². The lowest BCUT2D eigenvalue weighted by Crippen LogP contribution is -2.37. The molecule has 2 aliphatic heterocycles. The van der Waals surface area contributed by atoms with E-state index in [-0.39, 0.29) is 23.8 Å². The van der Waals surface area contributed by atoms with Crippen LogP contribution in [0, 0.1) is 0 Å². The summed E-state index contributed by atoms with van der Waals surface area (Å²) in [5.41, 5.74) is 2.22. The summed E-state index contributed by atoms with van der Waals surface area (Å²) in [6, 6.07) is 15.8. The van der Waals surface area contributed by atoms with Gasteiger partial charge in [0.05, 0.1) is 5.75 Å². The molecular weight excluding hydrogens is 424 g/mol. The van der Waals surface area contributed by atoms with Crippen LogP contribution in [0.4, 0.5) is 5.69 Å². The zero-order valence-electron chi connectivity index (χ0n) is 17.8. The van der Waals surface area contributed by atoms with Gasteiger partial charge in [0.2, 0.25) is 5.91 Å². The minimum absolute atomic E-state index is 0.0633. The average Bonchev–Trinajstić information content (AvgIpc) is 3.37. The van der Waals surface area contributed by atoms with Crippen molar-refractivity contribution in [1.29, 1.82) is 0 Å². The summed E-state index contributed by atoms with van der Waals surface area (Å²) in [7, 11) is 0. The summed E-state index contributed by atoms with van der Waals surface area (Å²) in [4.78, 5) is 15.0. The van der Waals surface area contributed by atoms with Gasteiger partial charge in [0.1, 0.15) is 6.61 Å². The van der Waals surface area contributed by atoms with E-state index in [1.165, 1.54) is 17.3 Å². The van der Waals surface area contributed by atoms with Gasteiger partial charge in [-0.05, 0) is 37.1 Å². The van der Waals surface area contributed by atoms with Gasteiger partial charge in [0.25, 0.3) is 0 Å². The van der Waals surface area contributed by atoms with E-state index in [4.69, 9.17) is 9.47 Å². The van der Waals surface area contributed by atoms with Crippen LogP contribution in [0.5, 0.6) is 11.5 Å². The molecule has 0 saturated heterocycles. The molecule has 7 nitrogen and oxygen atoms in total. The van der Waals surface area contributed by atoms with Gasteiger partial charge < -0.3 is 14.4 Å². The number of carbonyl (C=O) groups is 1. The smallest absolute Gasteiger partial charge is 0.237 e. The maximum Gasteiger partial charge on any atom is 0.237 e. The van der Waals surface area contributed by atoms with Crippen molar-refractivity contribution in [3.8, 4) is 11.5 Å². The molecule has 0 aliphatic carbocycles. The Hall–Kier alpha value is -3.26. The van der Waals surface area contributed by atoms with Gasteiger partial charge in [0, 0.05) is 18.3 Å². The van der Waals surface area contributed by atoms with Crippen molar-refractivity contribution < 1.29 is 14.3 Å². The molecule has 0 radical (unpaired) electrons. The highest BCUT2D eigenvalue weighted by Crippen LogP contribution is 2.36. The number of anilines is 1. The topological polar surface area (TPSA) is 69.5 Å². The third-order valence-electron chi connectivity index (χ3n) is 5.65. The Labute approximate surface area is 191 Å². The van der Waals surface area contributed by atoms with Gasteiger partial charge in [-0.25, -0.2) is 0 Å². The Morgan fingerprint density at radius 2 is 1.97 bits per heavy atom. The zero-order valence-corrected chi connectivity index (χ0v) is 18.6. The summed E-state index contributed by atoms with van der Waals surface area (Å²) in [6.07, 6.45) is 2.28. The number of carbonyl (C=O) groups excluding carboxylic acids is 1. The standard InChI is InChI=1S/C24H24N4O3S/c1-3-12-27-23(21-14-30-19-10-6-7-11-20(19)31-21)25-26-24(27)32-15-22(29)28-16(2)13-17-8-4-5-9-18(17)28/h3-11,16,21H,1,12-15H2,2H3/t16-,21-/m1/s1. The first-order valence-corrected chi connectivity index (χ1v) is 11.6. The maximum atomic E-state index is 13.1. The Bertz CT molecular complexity index is 1160. The lowest BCUT2D eigenvalue weighted by molar-refractivity contribution is -0.116. The highest BCUT2D eigenvalue weighted by Gasteiger charge is 2.32. The van der Waals surface area contributed by atoms with Crippen molar-refractivity contribution >= 4 is 23.4 Å². The van der Waals surface area contributed by atoms with Crippen LogP contribution in [-0.4, -0.2) is 39.1 Å². The van der Waals surface area contributed by atoms with E-state index in [1.807, 2.05) is 51.9 Å². The van der Waals surface area contributed by atoms with Crippen LogP contribution in [0.15, 0.2) is 66.3 Å². The number of nitrogens with zero attached hydrogens (tertiary/aromatic N) is 4. The van der Waals surface area contributed by atoms with Crippen LogP contribution in [0.2, 0.25) is 0 Å². The van der Waals surface area contributed by atoms with Crippen LogP contribution in [0.1, 0.15) is 24.4 Å². The molecule has 0 N–H and O–H groups in total. The van der Waals surface area contributed by atoms with E-state index in [2.05, 4.69) is 29.8 Å². The molecule has 0 spiro atoms. The monoisotopic (exact) mass is 448 g/mol. The third-order valence-corrected chi connectivity index (χ3v) is 6.61. The van der Waals surface area contributed by atoms with E-state index in [0.29, 0.717) is 29.9 Å². The summed E-state index contributed by atoms with van der Waals surface area (Å²) in [5, 5.41) is 9.38. The number of ether oxygens (including phenoxy) is 2. The molecule has 8 heteroatoms. The summed E-state index contributed by atoms with van der Waals surface area (Å²) >= 11 is 1.38. The second kappa shape index (κ2) is 8.70. The first-order valence-electron chi connectivity index (χ1n) is 10.6. The van der Waals surface area contributed by atoms with Gasteiger partial charge in [-0.15, -0.1) is 16.8 Å². The molecule has 0 bridgehead atoms. The molecule has 164 valence electrons. The quantitative estimate of drug-likeness (QED) is 0.419. The largest absolute Gasteiger partial charge is 0.485 e. The average molecular weight is 449 g/mol. The second-order valence-corrected chi connectivity index (χ2v) is 8.78. The minimum Gasteiger partial charge on any atom is -0.485 e. The van der Waals surface area contributed by atoms with Crippen LogP contribution in [-0.2, 0) is 17.8 Å². The molecule has 0 fully saturated rings. The van der Waals surface area contributed by atoms with E-state index >= 15 is 0 Å². The molecule has 1 aromatic heterocycles. The fraction of sp³-hybridized carbons (Fsp3) is 0.292. The normalized spacial score (nSPS) is 19.0. The van der Waals surface area contributed by atoms with Crippen LogP contribution in [0.25, 0.3) is 0 Å². The third kappa shape index (κ3) is 3.75. The van der Waals surface area contributed by atoms with Crippen molar-refractivity contribution in [1.82, 2.24) is 14.8 Å². The molecule has 2 aliphatic rings. The Morgan fingerprint density at radius 1 is 1.19 bits per heavy atom. The Balaban J connectivity index is 1.32. The number of hydrogen-bond donors (Lipinski definition) is 0. The minimum atomic E-state index is -0.382. The molecule has 5 rings (SSSR count).